The van der Waals surface area contributed by atoms with Gasteiger partial charge in [-0.2, -0.15) is 43.9 Å². The van der Waals surface area contributed by atoms with E-state index in [4.69, 9.17) is 0 Å². The van der Waals surface area contributed by atoms with E-state index in [-0.39, 0.29) is 0 Å². The zero-order valence-electron chi connectivity index (χ0n) is 8.73. The second-order valence-corrected chi connectivity index (χ2v) is 6.83. The fraction of sp³-hybridized carbons (Fsp3) is 1.00. The maximum absolute atomic E-state index is 12.4. The van der Waals surface area contributed by atoms with Gasteiger partial charge in [-0.1, -0.05) is 4.13 Å². The molecule has 5 nitrogen and oxygen atoms in total. The van der Waals surface area contributed by atoms with Crippen molar-refractivity contribution >= 4 is 20.0 Å². The number of hydrogen-bond donors (Lipinski definition) is 1. The average molecular weight is 381 g/mol. The molecule has 0 unspecified atom stereocenters. The molecule has 0 aliphatic carbocycles. The SMILES string of the molecule is O=S(=O)(NS(=O)(=O)C(F)(F)C(F)(F)F)C(F)(F)C(F)(F)F. The number of halogens is 10. The second-order valence-electron chi connectivity index (χ2n) is 3.12. The highest BCUT2D eigenvalue weighted by atomic mass is 32.3. The maximum Gasteiger partial charge on any atom is 0.471 e. The Kier molecular flexibility index (Phi) is 4.64. The molecule has 0 radical (unpaired) electrons. The lowest BCUT2D eigenvalue weighted by Gasteiger charge is -2.23. The summed E-state index contributed by atoms with van der Waals surface area (Å²) in [6, 6.07) is 0. The third-order valence-electron chi connectivity index (χ3n) is 1.55. The molecule has 0 aromatic heterocycles. The minimum absolute atomic E-state index is 0.969. The van der Waals surface area contributed by atoms with Crippen molar-refractivity contribution in [3.8, 4) is 0 Å². The normalized spacial score (nSPS) is 16.1. The van der Waals surface area contributed by atoms with Crippen molar-refractivity contribution in [3.63, 3.8) is 0 Å². The number of hydrogen-bond acceptors (Lipinski definition) is 4. The zero-order valence-corrected chi connectivity index (χ0v) is 10.4. The van der Waals surface area contributed by atoms with Crippen molar-refractivity contribution in [2.75, 3.05) is 0 Å². The summed E-state index contributed by atoms with van der Waals surface area (Å²) < 4.78 is 160. The van der Waals surface area contributed by atoms with Gasteiger partial charge in [0, 0.05) is 0 Å². The van der Waals surface area contributed by atoms with Gasteiger partial charge in [0.05, 0.1) is 0 Å². The molecule has 128 valence electrons. The summed E-state index contributed by atoms with van der Waals surface area (Å²) in [5.74, 6) is 0. The quantitative estimate of drug-likeness (QED) is 0.750. The average Bonchev–Trinajstić information content (AvgIpc) is 2.11. The van der Waals surface area contributed by atoms with Gasteiger partial charge in [0.25, 0.3) is 20.0 Å². The molecule has 21 heavy (non-hydrogen) atoms. The molecule has 0 amide bonds. The van der Waals surface area contributed by atoms with Gasteiger partial charge in [-0.25, -0.2) is 16.8 Å². The highest BCUT2D eigenvalue weighted by Gasteiger charge is 2.73. The Hall–Kier alpha value is -0.840. The van der Waals surface area contributed by atoms with Gasteiger partial charge in [0.1, 0.15) is 0 Å². The van der Waals surface area contributed by atoms with E-state index in [0.717, 1.165) is 0 Å². The molecular weight excluding hydrogens is 380 g/mol. The van der Waals surface area contributed by atoms with E-state index >= 15 is 0 Å². The Bertz CT molecular complexity index is 544. The fourth-order valence-corrected chi connectivity index (χ4v) is 3.16. The Labute approximate surface area is 109 Å². The van der Waals surface area contributed by atoms with Crippen LogP contribution in [-0.2, 0) is 20.0 Å². The summed E-state index contributed by atoms with van der Waals surface area (Å²) in [7, 11) is -15.0. The standard InChI is InChI=1S/C4HF10NO4S2/c5-1(6,7)3(11,12)20(16,17)15-21(18,19)4(13,14)2(8,9)10/h15H. The first-order valence-corrected chi connectivity index (χ1v) is 6.84. The lowest BCUT2D eigenvalue weighted by molar-refractivity contribution is -0.242. The lowest BCUT2D eigenvalue weighted by atomic mass is 10.7. The molecule has 0 fully saturated rings. The third kappa shape index (κ3) is 3.33. The molecule has 0 spiro atoms. The molecule has 0 aliphatic rings. The summed E-state index contributed by atoms with van der Waals surface area (Å²) in [5.41, 5.74) is 0. The van der Waals surface area contributed by atoms with E-state index in [0.29, 0.717) is 0 Å². The van der Waals surface area contributed by atoms with Crippen LogP contribution in [0.15, 0.2) is 0 Å². The smallest absolute Gasteiger partial charge is 0.205 e. The molecule has 0 saturated heterocycles. The van der Waals surface area contributed by atoms with Crippen LogP contribution in [0.3, 0.4) is 0 Å². The summed E-state index contributed by atoms with van der Waals surface area (Å²) in [6.07, 6.45) is -13.9. The van der Waals surface area contributed by atoms with Gasteiger partial charge in [0.2, 0.25) is 0 Å². The van der Waals surface area contributed by atoms with Crippen LogP contribution in [0.1, 0.15) is 0 Å². The minimum atomic E-state index is -7.49. The summed E-state index contributed by atoms with van der Waals surface area (Å²) in [5, 5.41) is -13.9. The molecule has 1 N–H and O–H groups in total. The van der Waals surface area contributed by atoms with Crippen LogP contribution in [0.4, 0.5) is 43.9 Å². The molecule has 0 bridgehead atoms. The first-order chi connectivity index (χ1) is 8.71. The van der Waals surface area contributed by atoms with Crippen LogP contribution in [0.5, 0.6) is 0 Å². The molecule has 0 atom stereocenters. The van der Waals surface area contributed by atoms with Gasteiger partial charge in [0.15, 0.2) is 0 Å². The molecule has 17 heteroatoms. The van der Waals surface area contributed by atoms with Gasteiger partial charge < -0.3 is 0 Å². The van der Waals surface area contributed by atoms with E-state index in [1.807, 2.05) is 0 Å². The summed E-state index contributed by atoms with van der Waals surface area (Å²) in [4.78, 5) is 0. The molecule has 0 aliphatic heterocycles. The monoisotopic (exact) mass is 381 g/mol. The maximum atomic E-state index is 12.4. The van der Waals surface area contributed by atoms with Gasteiger partial charge >= 0.3 is 22.9 Å². The van der Waals surface area contributed by atoms with Crippen LogP contribution in [0.2, 0.25) is 0 Å². The minimum Gasteiger partial charge on any atom is -0.205 e. The van der Waals surface area contributed by atoms with E-state index in [1.54, 1.807) is 0 Å². The first-order valence-electron chi connectivity index (χ1n) is 3.87. The van der Waals surface area contributed by atoms with Crippen molar-refractivity contribution in [3.05, 3.63) is 0 Å². The van der Waals surface area contributed by atoms with Gasteiger partial charge in [-0.3, -0.25) is 0 Å². The Morgan fingerprint density at radius 1 is 0.524 bits per heavy atom. The Morgan fingerprint density at radius 2 is 0.714 bits per heavy atom. The van der Waals surface area contributed by atoms with Crippen molar-refractivity contribution < 1.29 is 60.7 Å². The highest BCUT2D eigenvalue weighted by molar-refractivity contribution is 8.05. The van der Waals surface area contributed by atoms with Gasteiger partial charge in [-0.05, 0) is 0 Å². The van der Waals surface area contributed by atoms with Crippen molar-refractivity contribution in [2.24, 2.45) is 0 Å². The Morgan fingerprint density at radius 3 is 0.857 bits per heavy atom. The summed E-state index contributed by atoms with van der Waals surface area (Å²) in [6.45, 7) is 0. The highest BCUT2D eigenvalue weighted by Crippen LogP contribution is 2.42. The van der Waals surface area contributed by atoms with Crippen LogP contribution in [-0.4, -0.2) is 39.7 Å². The van der Waals surface area contributed by atoms with Gasteiger partial charge in [-0.15, -0.1) is 0 Å². The number of alkyl halides is 10. The van der Waals surface area contributed by atoms with E-state index in [2.05, 4.69) is 0 Å². The topological polar surface area (TPSA) is 80.3 Å². The fourth-order valence-electron chi connectivity index (χ4n) is 0.554. The number of nitrogens with one attached hydrogen (secondary N) is 1. The van der Waals surface area contributed by atoms with Crippen LogP contribution < -0.4 is 4.13 Å². The number of rotatable bonds is 4. The van der Waals surface area contributed by atoms with E-state index in [9.17, 15) is 60.7 Å². The van der Waals surface area contributed by atoms with Crippen molar-refractivity contribution in [1.82, 2.24) is 4.13 Å². The predicted octanol–water partition coefficient (Wildman–Crippen LogP) is 1.55. The molecule has 0 aromatic rings. The zero-order chi connectivity index (χ0) is 17.7. The molecular formula is C4HF10NO4S2. The van der Waals surface area contributed by atoms with Crippen LogP contribution in [0, 0.1) is 0 Å². The van der Waals surface area contributed by atoms with Crippen molar-refractivity contribution in [2.45, 2.75) is 22.9 Å². The van der Waals surface area contributed by atoms with Crippen molar-refractivity contribution in [1.29, 1.82) is 0 Å². The second kappa shape index (κ2) is 4.83. The molecule has 0 saturated carbocycles. The third-order valence-corrected chi connectivity index (χ3v) is 5.12. The van der Waals surface area contributed by atoms with Crippen LogP contribution >= 0.6 is 0 Å². The number of sulfonamides is 2. The van der Waals surface area contributed by atoms with E-state index in [1.165, 1.54) is 0 Å². The van der Waals surface area contributed by atoms with Crippen LogP contribution in [0.25, 0.3) is 0 Å². The molecule has 0 heterocycles. The first kappa shape index (κ1) is 20.2. The molecule has 0 rings (SSSR count). The largest absolute Gasteiger partial charge is 0.471 e. The Balaban J connectivity index is 5.91. The van der Waals surface area contributed by atoms with E-state index < -0.39 is 47.0 Å². The predicted molar refractivity (Wildman–Crippen MR) is 43.0 cm³/mol. The molecule has 0 aromatic carbocycles. The summed E-state index contributed by atoms with van der Waals surface area (Å²) >= 11 is 0. The lowest BCUT2D eigenvalue weighted by Crippen LogP contribution is -2.57.